The van der Waals surface area contributed by atoms with Crippen molar-refractivity contribution in [3.63, 3.8) is 0 Å². The van der Waals surface area contributed by atoms with E-state index in [1.807, 2.05) is 0 Å². The van der Waals surface area contributed by atoms with Gasteiger partial charge in [-0.25, -0.2) is 4.79 Å². The van der Waals surface area contributed by atoms with Crippen molar-refractivity contribution in [2.45, 2.75) is 64.2 Å². The van der Waals surface area contributed by atoms with Crippen molar-refractivity contribution in [1.29, 1.82) is 5.41 Å². The van der Waals surface area contributed by atoms with Crippen LogP contribution in [-0.4, -0.2) is 12.2 Å². The Morgan fingerprint density at radius 2 is 1.27 bits per heavy atom. The summed E-state index contributed by atoms with van der Waals surface area (Å²) in [4.78, 5) is 9.87. The SMILES string of the molecule is N=CCCCCCCCCCCC=C=O. The van der Waals surface area contributed by atoms with Crippen LogP contribution in [0.2, 0.25) is 0 Å². The highest BCUT2D eigenvalue weighted by Gasteiger charge is 1.91. The quantitative estimate of drug-likeness (QED) is 0.313. The molecule has 0 bridgehead atoms. The van der Waals surface area contributed by atoms with Gasteiger partial charge in [-0.3, -0.25) is 0 Å². The van der Waals surface area contributed by atoms with Crippen molar-refractivity contribution >= 4 is 12.2 Å². The Kier molecular flexibility index (Phi) is 12.4. The Morgan fingerprint density at radius 3 is 1.73 bits per heavy atom. The topological polar surface area (TPSA) is 40.9 Å². The lowest BCUT2D eigenvalue weighted by molar-refractivity contribution is 0.564. The van der Waals surface area contributed by atoms with Crippen LogP contribution in [-0.2, 0) is 4.79 Å². The molecule has 15 heavy (non-hydrogen) atoms. The predicted octanol–water partition coefficient (Wildman–Crippen LogP) is 3.92. The number of hydrogen-bond acceptors (Lipinski definition) is 2. The standard InChI is InChI=1S/C13H23NO/c14-12-10-8-6-4-2-1-3-5-7-9-11-13-15/h11-12,14H,1-10H2. The maximum Gasteiger partial charge on any atom is 0.120 e. The molecule has 2 nitrogen and oxygen atoms in total. The molecule has 0 saturated heterocycles. The molecule has 86 valence electrons. The van der Waals surface area contributed by atoms with Crippen LogP contribution >= 0.6 is 0 Å². The molecule has 0 atom stereocenters. The molecule has 0 unspecified atom stereocenters. The number of allylic oxidation sites excluding steroid dienone is 1. The fourth-order valence-electron chi connectivity index (χ4n) is 1.61. The number of carbonyl (C=O) groups excluding carboxylic acids is 1. The van der Waals surface area contributed by atoms with E-state index in [1.165, 1.54) is 51.2 Å². The minimum atomic E-state index is 0.892. The Balaban J connectivity index is 2.92. The highest BCUT2D eigenvalue weighted by molar-refractivity contribution is 5.52. The summed E-state index contributed by atoms with van der Waals surface area (Å²) in [5.74, 6) is 1.81. The molecule has 2 heteroatoms. The molecule has 0 aliphatic heterocycles. The second-order valence-corrected chi connectivity index (χ2v) is 3.93. The predicted molar refractivity (Wildman–Crippen MR) is 65.2 cm³/mol. The summed E-state index contributed by atoms with van der Waals surface area (Å²) in [6, 6.07) is 0. The lowest BCUT2D eigenvalue weighted by atomic mass is 10.1. The first-order chi connectivity index (χ1) is 7.41. The third-order valence-corrected chi connectivity index (χ3v) is 2.53. The molecule has 0 saturated carbocycles. The summed E-state index contributed by atoms with van der Waals surface area (Å²) >= 11 is 0. The highest BCUT2D eigenvalue weighted by atomic mass is 16.1. The third kappa shape index (κ3) is 13.1. The minimum Gasteiger partial charge on any atom is -0.313 e. The van der Waals surface area contributed by atoms with Gasteiger partial charge in [0.15, 0.2) is 0 Å². The molecule has 0 rings (SSSR count). The molecule has 0 aliphatic carbocycles. The average Bonchev–Trinajstić information content (AvgIpc) is 2.26. The third-order valence-electron chi connectivity index (χ3n) is 2.53. The van der Waals surface area contributed by atoms with Crippen molar-refractivity contribution < 1.29 is 4.79 Å². The lowest BCUT2D eigenvalue weighted by Crippen LogP contribution is -1.81. The fraction of sp³-hybridized carbons (Fsp3) is 0.769. The van der Waals surface area contributed by atoms with Crippen LogP contribution in [0.5, 0.6) is 0 Å². The van der Waals surface area contributed by atoms with Crippen molar-refractivity contribution in [3.8, 4) is 0 Å². The van der Waals surface area contributed by atoms with E-state index in [0.717, 1.165) is 19.3 Å². The van der Waals surface area contributed by atoms with Crippen molar-refractivity contribution in [2.75, 3.05) is 0 Å². The Labute approximate surface area is 93.3 Å². The van der Waals surface area contributed by atoms with Crippen LogP contribution < -0.4 is 0 Å². The van der Waals surface area contributed by atoms with Crippen molar-refractivity contribution in [1.82, 2.24) is 0 Å². The van der Waals surface area contributed by atoms with Gasteiger partial charge in [-0.05, 0) is 38.0 Å². The van der Waals surface area contributed by atoms with Crippen LogP contribution in [0.1, 0.15) is 64.2 Å². The zero-order valence-corrected chi connectivity index (χ0v) is 9.63. The molecule has 1 N–H and O–H groups in total. The smallest absolute Gasteiger partial charge is 0.120 e. The first kappa shape index (κ1) is 14.1. The van der Waals surface area contributed by atoms with E-state index in [4.69, 9.17) is 5.41 Å². The van der Waals surface area contributed by atoms with Gasteiger partial charge in [-0.2, -0.15) is 0 Å². The monoisotopic (exact) mass is 209 g/mol. The number of unbranched alkanes of at least 4 members (excludes halogenated alkanes) is 9. The van der Waals surface area contributed by atoms with E-state index in [-0.39, 0.29) is 0 Å². The molecule has 0 heterocycles. The Hall–Kier alpha value is -0.880. The van der Waals surface area contributed by atoms with Crippen molar-refractivity contribution in [2.24, 2.45) is 0 Å². The maximum atomic E-state index is 9.87. The molecule has 0 aromatic rings. The van der Waals surface area contributed by atoms with E-state index in [1.54, 1.807) is 12.0 Å². The van der Waals surface area contributed by atoms with E-state index < -0.39 is 0 Å². The molecule has 0 aliphatic rings. The molecule has 0 radical (unpaired) electrons. The summed E-state index contributed by atoms with van der Waals surface area (Å²) in [6.45, 7) is 0. The zero-order chi connectivity index (χ0) is 11.2. The van der Waals surface area contributed by atoms with Gasteiger partial charge in [0.05, 0.1) is 0 Å². The van der Waals surface area contributed by atoms with Gasteiger partial charge in [0.2, 0.25) is 0 Å². The van der Waals surface area contributed by atoms with Gasteiger partial charge in [-0.15, -0.1) is 0 Å². The second kappa shape index (κ2) is 13.1. The van der Waals surface area contributed by atoms with Gasteiger partial charge in [-0.1, -0.05) is 38.5 Å². The van der Waals surface area contributed by atoms with Gasteiger partial charge < -0.3 is 5.41 Å². The summed E-state index contributed by atoms with van der Waals surface area (Å²) < 4.78 is 0. The molecule has 0 aromatic heterocycles. The minimum absolute atomic E-state index is 0.892. The molecule has 0 aromatic carbocycles. The van der Waals surface area contributed by atoms with Crippen LogP contribution in [0.25, 0.3) is 0 Å². The molecule has 0 amide bonds. The van der Waals surface area contributed by atoms with E-state index >= 15 is 0 Å². The van der Waals surface area contributed by atoms with Crippen LogP contribution in [0.15, 0.2) is 6.08 Å². The Morgan fingerprint density at radius 1 is 0.800 bits per heavy atom. The molecule has 0 spiro atoms. The van der Waals surface area contributed by atoms with Gasteiger partial charge in [0.25, 0.3) is 0 Å². The summed E-state index contributed by atoms with van der Waals surface area (Å²) in [5, 5.41) is 6.87. The van der Waals surface area contributed by atoms with E-state index in [2.05, 4.69) is 0 Å². The molecule has 0 fully saturated rings. The summed E-state index contributed by atoms with van der Waals surface area (Å²) in [6.07, 6.45) is 15.0. The maximum absolute atomic E-state index is 9.87. The van der Waals surface area contributed by atoms with Gasteiger partial charge >= 0.3 is 0 Å². The molecular weight excluding hydrogens is 186 g/mol. The fourth-order valence-corrected chi connectivity index (χ4v) is 1.61. The average molecular weight is 209 g/mol. The number of rotatable bonds is 11. The second-order valence-electron chi connectivity index (χ2n) is 3.93. The zero-order valence-electron chi connectivity index (χ0n) is 9.63. The van der Waals surface area contributed by atoms with Gasteiger partial charge in [0, 0.05) is 0 Å². The van der Waals surface area contributed by atoms with E-state index in [9.17, 15) is 4.79 Å². The summed E-state index contributed by atoms with van der Waals surface area (Å²) in [7, 11) is 0. The Bertz CT molecular complexity index is 183. The molecular formula is C13H23NO. The normalized spacial score (nSPS) is 9.60. The summed E-state index contributed by atoms with van der Waals surface area (Å²) in [5.41, 5.74) is 0. The lowest BCUT2D eigenvalue weighted by Gasteiger charge is -2.00. The van der Waals surface area contributed by atoms with Crippen LogP contribution in [0, 0.1) is 5.41 Å². The largest absolute Gasteiger partial charge is 0.313 e. The number of nitrogens with one attached hydrogen (secondary N) is 1. The van der Waals surface area contributed by atoms with E-state index in [0.29, 0.717) is 0 Å². The first-order valence-corrected chi connectivity index (χ1v) is 6.10. The van der Waals surface area contributed by atoms with Crippen molar-refractivity contribution in [3.05, 3.63) is 6.08 Å². The first-order valence-electron chi connectivity index (χ1n) is 6.10. The van der Waals surface area contributed by atoms with Gasteiger partial charge in [0.1, 0.15) is 5.94 Å². The number of hydrogen-bond donors (Lipinski definition) is 1. The highest BCUT2D eigenvalue weighted by Crippen LogP contribution is 2.10. The van der Waals surface area contributed by atoms with Crippen LogP contribution in [0.4, 0.5) is 0 Å². The van der Waals surface area contributed by atoms with Crippen LogP contribution in [0.3, 0.4) is 0 Å².